The summed E-state index contributed by atoms with van der Waals surface area (Å²) in [7, 11) is 0. The SMILES string of the molecule is NCC(O)CNCc1ccc2oc(=O)[nH]c2c1. The van der Waals surface area contributed by atoms with Crippen LogP contribution in [0.3, 0.4) is 0 Å². The van der Waals surface area contributed by atoms with E-state index >= 15 is 0 Å². The Labute approximate surface area is 97.4 Å². The van der Waals surface area contributed by atoms with E-state index in [2.05, 4.69) is 10.3 Å². The maximum absolute atomic E-state index is 11.0. The number of benzene rings is 1. The Morgan fingerprint density at radius 2 is 2.35 bits per heavy atom. The molecule has 6 heteroatoms. The van der Waals surface area contributed by atoms with Gasteiger partial charge in [-0.3, -0.25) is 4.98 Å². The highest BCUT2D eigenvalue weighted by Gasteiger charge is 2.03. The van der Waals surface area contributed by atoms with E-state index < -0.39 is 11.9 Å². The van der Waals surface area contributed by atoms with E-state index in [1.807, 2.05) is 12.1 Å². The highest BCUT2D eigenvalue weighted by molar-refractivity contribution is 5.72. The van der Waals surface area contributed by atoms with Gasteiger partial charge in [0.05, 0.1) is 11.6 Å². The van der Waals surface area contributed by atoms with E-state index in [-0.39, 0.29) is 6.54 Å². The van der Waals surface area contributed by atoms with Gasteiger partial charge in [0.2, 0.25) is 0 Å². The van der Waals surface area contributed by atoms with E-state index in [0.29, 0.717) is 24.2 Å². The number of hydrogen-bond donors (Lipinski definition) is 4. The van der Waals surface area contributed by atoms with E-state index in [1.54, 1.807) is 6.07 Å². The highest BCUT2D eigenvalue weighted by Crippen LogP contribution is 2.11. The lowest BCUT2D eigenvalue weighted by atomic mass is 10.2. The summed E-state index contributed by atoms with van der Waals surface area (Å²) in [5, 5.41) is 12.3. The molecule has 92 valence electrons. The van der Waals surface area contributed by atoms with Gasteiger partial charge < -0.3 is 20.6 Å². The zero-order valence-corrected chi connectivity index (χ0v) is 9.27. The van der Waals surface area contributed by atoms with Crippen molar-refractivity contribution >= 4 is 11.1 Å². The third-order valence-electron chi connectivity index (χ3n) is 2.46. The Balaban J connectivity index is 2.01. The van der Waals surface area contributed by atoms with Crippen molar-refractivity contribution in [3.05, 3.63) is 34.3 Å². The van der Waals surface area contributed by atoms with Gasteiger partial charge in [-0.2, -0.15) is 0 Å². The molecule has 0 aliphatic rings. The molecular weight excluding hydrogens is 222 g/mol. The Morgan fingerprint density at radius 1 is 1.53 bits per heavy atom. The average Bonchev–Trinajstić information content (AvgIpc) is 2.68. The maximum Gasteiger partial charge on any atom is 0.417 e. The molecule has 17 heavy (non-hydrogen) atoms. The van der Waals surface area contributed by atoms with E-state index in [4.69, 9.17) is 10.2 Å². The molecule has 0 aliphatic heterocycles. The number of hydrogen-bond acceptors (Lipinski definition) is 5. The minimum atomic E-state index is -0.535. The minimum Gasteiger partial charge on any atom is -0.408 e. The summed E-state index contributed by atoms with van der Waals surface area (Å²) in [5.74, 6) is -0.455. The summed E-state index contributed by atoms with van der Waals surface area (Å²) in [4.78, 5) is 13.5. The third-order valence-corrected chi connectivity index (χ3v) is 2.46. The van der Waals surface area contributed by atoms with Crippen LogP contribution in [-0.2, 0) is 6.54 Å². The number of aliphatic hydroxyl groups is 1. The number of nitrogens with one attached hydrogen (secondary N) is 2. The third kappa shape index (κ3) is 2.94. The molecule has 2 aromatic rings. The lowest BCUT2D eigenvalue weighted by Gasteiger charge is -2.09. The second-order valence-corrected chi connectivity index (χ2v) is 3.87. The predicted molar refractivity (Wildman–Crippen MR) is 63.6 cm³/mol. The molecule has 0 amide bonds. The minimum absolute atomic E-state index is 0.237. The van der Waals surface area contributed by atoms with Crippen molar-refractivity contribution in [2.45, 2.75) is 12.6 Å². The summed E-state index contributed by atoms with van der Waals surface area (Å²) in [6.45, 7) is 1.28. The summed E-state index contributed by atoms with van der Waals surface area (Å²) in [5.41, 5.74) is 7.50. The van der Waals surface area contributed by atoms with Crippen LogP contribution in [0.15, 0.2) is 27.4 Å². The molecule has 0 aliphatic carbocycles. The summed E-state index contributed by atoms with van der Waals surface area (Å²) in [6, 6.07) is 5.44. The van der Waals surface area contributed by atoms with Gasteiger partial charge in [0.25, 0.3) is 0 Å². The molecular formula is C11H15N3O3. The molecule has 1 unspecified atom stereocenters. The molecule has 1 heterocycles. The number of rotatable bonds is 5. The molecule has 1 aromatic carbocycles. The van der Waals surface area contributed by atoms with Crippen LogP contribution < -0.4 is 16.8 Å². The molecule has 0 fully saturated rings. The molecule has 0 spiro atoms. The molecule has 0 saturated carbocycles. The van der Waals surface area contributed by atoms with Crippen LogP contribution in [0.25, 0.3) is 11.1 Å². The van der Waals surface area contributed by atoms with Gasteiger partial charge in [-0.25, -0.2) is 4.79 Å². The van der Waals surface area contributed by atoms with Crippen molar-refractivity contribution in [1.82, 2.24) is 10.3 Å². The Morgan fingerprint density at radius 3 is 3.12 bits per heavy atom. The van der Waals surface area contributed by atoms with Gasteiger partial charge in [0.1, 0.15) is 0 Å². The number of oxazole rings is 1. The van der Waals surface area contributed by atoms with Crippen LogP contribution in [0.2, 0.25) is 0 Å². The van der Waals surface area contributed by atoms with Gasteiger partial charge in [-0.05, 0) is 17.7 Å². The van der Waals surface area contributed by atoms with Gasteiger partial charge in [0, 0.05) is 19.6 Å². The standard InChI is InChI=1S/C11H15N3O3/c12-4-8(15)6-13-5-7-1-2-10-9(3-7)14-11(16)17-10/h1-3,8,13,15H,4-6,12H2,(H,14,16). The number of aromatic nitrogens is 1. The first-order valence-electron chi connectivity index (χ1n) is 5.39. The number of fused-ring (bicyclic) bond motifs is 1. The van der Waals surface area contributed by atoms with Gasteiger partial charge >= 0.3 is 5.76 Å². The van der Waals surface area contributed by atoms with Crippen molar-refractivity contribution < 1.29 is 9.52 Å². The molecule has 5 N–H and O–H groups in total. The van der Waals surface area contributed by atoms with Gasteiger partial charge in [0.15, 0.2) is 5.58 Å². The zero-order chi connectivity index (χ0) is 12.3. The van der Waals surface area contributed by atoms with Crippen LogP contribution in [0, 0.1) is 0 Å². The smallest absolute Gasteiger partial charge is 0.408 e. The molecule has 6 nitrogen and oxygen atoms in total. The lowest BCUT2D eigenvalue weighted by molar-refractivity contribution is 0.179. The van der Waals surface area contributed by atoms with E-state index in [9.17, 15) is 9.90 Å². The van der Waals surface area contributed by atoms with E-state index in [1.165, 1.54) is 0 Å². The number of aromatic amines is 1. The lowest BCUT2D eigenvalue weighted by Crippen LogP contribution is -2.32. The van der Waals surface area contributed by atoms with Crippen molar-refractivity contribution in [3.63, 3.8) is 0 Å². The van der Waals surface area contributed by atoms with Gasteiger partial charge in [-0.1, -0.05) is 6.07 Å². The average molecular weight is 237 g/mol. The quantitative estimate of drug-likeness (QED) is 0.563. The predicted octanol–water partition coefficient (Wildman–Crippen LogP) is -0.470. The monoisotopic (exact) mass is 237 g/mol. The van der Waals surface area contributed by atoms with Crippen molar-refractivity contribution in [3.8, 4) is 0 Å². The van der Waals surface area contributed by atoms with E-state index in [0.717, 1.165) is 5.56 Å². The number of H-pyrrole nitrogens is 1. The van der Waals surface area contributed by atoms with Crippen molar-refractivity contribution in [2.24, 2.45) is 5.73 Å². The van der Waals surface area contributed by atoms with Crippen molar-refractivity contribution in [1.29, 1.82) is 0 Å². The number of aliphatic hydroxyl groups excluding tert-OH is 1. The fourth-order valence-electron chi connectivity index (χ4n) is 1.58. The fourth-order valence-corrected chi connectivity index (χ4v) is 1.58. The van der Waals surface area contributed by atoms with Gasteiger partial charge in [-0.15, -0.1) is 0 Å². The largest absolute Gasteiger partial charge is 0.417 e. The molecule has 1 atom stereocenters. The van der Waals surface area contributed by atoms with Crippen LogP contribution in [-0.4, -0.2) is 29.3 Å². The Hall–Kier alpha value is -1.63. The fraction of sp³-hybridized carbons (Fsp3) is 0.364. The second kappa shape index (κ2) is 5.13. The van der Waals surface area contributed by atoms with Crippen molar-refractivity contribution in [2.75, 3.05) is 13.1 Å². The van der Waals surface area contributed by atoms with Crippen LogP contribution in [0.5, 0.6) is 0 Å². The zero-order valence-electron chi connectivity index (χ0n) is 9.27. The normalized spacial score (nSPS) is 13.1. The summed E-state index contributed by atoms with van der Waals surface area (Å²) in [6.07, 6.45) is -0.535. The Bertz CT molecular complexity index is 546. The summed E-state index contributed by atoms with van der Waals surface area (Å²) < 4.78 is 4.89. The number of nitrogens with two attached hydrogens (primary N) is 1. The topological polar surface area (TPSA) is 104 Å². The Kier molecular flexibility index (Phi) is 3.58. The molecule has 0 saturated heterocycles. The molecule has 1 aromatic heterocycles. The first-order valence-corrected chi connectivity index (χ1v) is 5.39. The molecule has 0 radical (unpaired) electrons. The summed E-state index contributed by atoms with van der Waals surface area (Å²) >= 11 is 0. The molecule has 0 bridgehead atoms. The van der Waals surface area contributed by atoms with Crippen LogP contribution in [0.4, 0.5) is 0 Å². The first-order chi connectivity index (χ1) is 8.19. The van der Waals surface area contributed by atoms with Crippen LogP contribution in [0.1, 0.15) is 5.56 Å². The van der Waals surface area contributed by atoms with Crippen LogP contribution >= 0.6 is 0 Å². The first kappa shape index (κ1) is 11.8. The maximum atomic E-state index is 11.0. The second-order valence-electron chi connectivity index (χ2n) is 3.87. The highest BCUT2D eigenvalue weighted by atomic mass is 16.4. The molecule has 2 rings (SSSR count).